The number of hydrogen-bond donors (Lipinski definition) is 4. The van der Waals surface area contributed by atoms with Crippen LogP contribution in [0, 0.1) is 13.8 Å². The zero-order chi connectivity index (χ0) is 14.2. The second-order valence-corrected chi connectivity index (χ2v) is 5.18. The first-order valence-corrected chi connectivity index (χ1v) is 6.43. The molecule has 1 heterocycles. The lowest BCUT2D eigenvalue weighted by Gasteiger charge is -2.39. The first-order valence-electron chi connectivity index (χ1n) is 6.43. The summed E-state index contributed by atoms with van der Waals surface area (Å²) in [6.45, 7) is 5.68. The molecule has 1 fully saturated rings. The number of rotatable bonds is 2. The second-order valence-electron chi connectivity index (χ2n) is 5.18. The molecule has 0 aromatic heterocycles. The van der Waals surface area contributed by atoms with Crippen molar-refractivity contribution in [1.29, 1.82) is 0 Å². The molecule has 0 radical (unpaired) electrons. The highest BCUT2D eigenvalue weighted by Gasteiger charge is 2.41. The maximum Gasteiger partial charge on any atom is 0.157 e. The van der Waals surface area contributed by atoms with Crippen LogP contribution in [0.15, 0.2) is 18.2 Å². The lowest BCUT2D eigenvalue weighted by molar-refractivity contribution is -0.209. The molecule has 1 aliphatic rings. The SMILES string of the molecule is Cc1ccc(N[C@@H]2O[C@H](C)[C@@H](O)[C@H](O)[C@H]2O)cc1C. The van der Waals surface area contributed by atoms with E-state index in [1.807, 2.05) is 32.0 Å². The molecule has 4 N–H and O–H groups in total. The van der Waals surface area contributed by atoms with E-state index in [0.29, 0.717) is 0 Å². The first-order chi connectivity index (χ1) is 8.90. The van der Waals surface area contributed by atoms with Crippen LogP contribution >= 0.6 is 0 Å². The van der Waals surface area contributed by atoms with Gasteiger partial charge in [-0.3, -0.25) is 0 Å². The van der Waals surface area contributed by atoms with Crippen molar-refractivity contribution in [3.63, 3.8) is 0 Å². The summed E-state index contributed by atoms with van der Waals surface area (Å²) in [5, 5.41) is 32.3. The molecule has 0 aliphatic carbocycles. The van der Waals surface area contributed by atoms with Crippen LogP contribution in [0.2, 0.25) is 0 Å². The van der Waals surface area contributed by atoms with E-state index in [1.165, 1.54) is 5.56 Å². The minimum Gasteiger partial charge on any atom is -0.388 e. The van der Waals surface area contributed by atoms with E-state index >= 15 is 0 Å². The molecule has 1 aliphatic heterocycles. The van der Waals surface area contributed by atoms with Gasteiger partial charge in [-0.2, -0.15) is 0 Å². The zero-order valence-electron chi connectivity index (χ0n) is 11.4. The van der Waals surface area contributed by atoms with Gasteiger partial charge in [0.2, 0.25) is 0 Å². The van der Waals surface area contributed by atoms with Crippen molar-refractivity contribution in [3.8, 4) is 0 Å². The van der Waals surface area contributed by atoms with Crippen LogP contribution in [0.3, 0.4) is 0 Å². The third-order valence-corrected chi connectivity index (χ3v) is 3.67. The fourth-order valence-corrected chi connectivity index (χ4v) is 2.17. The fourth-order valence-electron chi connectivity index (χ4n) is 2.17. The van der Waals surface area contributed by atoms with Crippen molar-refractivity contribution in [1.82, 2.24) is 0 Å². The van der Waals surface area contributed by atoms with E-state index < -0.39 is 30.6 Å². The van der Waals surface area contributed by atoms with Crippen molar-refractivity contribution < 1.29 is 20.1 Å². The topological polar surface area (TPSA) is 82.0 Å². The number of aliphatic hydroxyl groups excluding tert-OH is 3. The Balaban J connectivity index is 2.11. The van der Waals surface area contributed by atoms with E-state index in [2.05, 4.69) is 5.32 Å². The minimum absolute atomic E-state index is 0.539. The highest BCUT2D eigenvalue weighted by atomic mass is 16.5. The lowest BCUT2D eigenvalue weighted by atomic mass is 9.99. The third-order valence-electron chi connectivity index (χ3n) is 3.67. The molecule has 1 saturated heterocycles. The number of hydrogen-bond acceptors (Lipinski definition) is 5. The average molecular weight is 267 g/mol. The maximum atomic E-state index is 9.91. The summed E-state index contributed by atoms with van der Waals surface area (Å²) in [7, 11) is 0. The van der Waals surface area contributed by atoms with E-state index in [9.17, 15) is 15.3 Å². The van der Waals surface area contributed by atoms with Gasteiger partial charge in [-0.15, -0.1) is 0 Å². The smallest absolute Gasteiger partial charge is 0.157 e. The van der Waals surface area contributed by atoms with E-state index in [0.717, 1.165) is 11.3 Å². The van der Waals surface area contributed by atoms with Crippen LogP contribution in [0.25, 0.3) is 0 Å². The van der Waals surface area contributed by atoms with Gasteiger partial charge in [0.05, 0.1) is 6.10 Å². The normalized spacial score (nSPS) is 35.2. The van der Waals surface area contributed by atoms with Gasteiger partial charge in [0, 0.05) is 5.69 Å². The summed E-state index contributed by atoms with van der Waals surface area (Å²) in [5.74, 6) is 0. The molecule has 1 aromatic rings. The molecule has 0 spiro atoms. The molecule has 106 valence electrons. The highest BCUT2D eigenvalue weighted by molar-refractivity contribution is 5.48. The Morgan fingerprint density at radius 2 is 1.68 bits per heavy atom. The summed E-state index contributed by atoms with van der Waals surface area (Å²) in [6, 6.07) is 5.82. The summed E-state index contributed by atoms with van der Waals surface area (Å²) >= 11 is 0. The molecule has 5 nitrogen and oxygen atoms in total. The van der Waals surface area contributed by atoms with Crippen LogP contribution in [-0.4, -0.2) is 46.0 Å². The summed E-state index contributed by atoms with van der Waals surface area (Å²) in [5.41, 5.74) is 3.12. The van der Waals surface area contributed by atoms with E-state index in [4.69, 9.17) is 4.74 Å². The predicted molar refractivity (Wildman–Crippen MR) is 71.9 cm³/mol. The molecular formula is C14H21NO4. The number of nitrogens with one attached hydrogen (secondary N) is 1. The average Bonchev–Trinajstić information content (AvgIpc) is 2.38. The summed E-state index contributed by atoms with van der Waals surface area (Å²) in [6.07, 6.45) is -4.74. The molecule has 5 heteroatoms. The first kappa shape index (κ1) is 14.3. The summed E-state index contributed by atoms with van der Waals surface area (Å²) < 4.78 is 5.48. The van der Waals surface area contributed by atoms with Crippen LogP contribution in [0.5, 0.6) is 0 Å². The van der Waals surface area contributed by atoms with Crippen molar-refractivity contribution in [2.24, 2.45) is 0 Å². The molecule has 0 amide bonds. The fraction of sp³-hybridized carbons (Fsp3) is 0.571. The van der Waals surface area contributed by atoms with Crippen LogP contribution in [0.4, 0.5) is 5.69 Å². The van der Waals surface area contributed by atoms with Crippen molar-refractivity contribution in [2.45, 2.75) is 51.4 Å². The van der Waals surface area contributed by atoms with Crippen molar-refractivity contribution >= 4 is 5.69 Å². The van der Waals surface area contributed by atoms with Gasteiger partial charge in [0.25, 0.3) is 0 Å². The Morgan fingerprint density at radius 3 is 2.32 bits per heavy atom. The minimum atomic E-state index is -1.22. The predicted octanol–water partition coefficient (Wildman–Crippen LogP) is 0.543. The molecule has 2 rings (SSSR count). The van der Waals surface area contributed by atoms with Gasteiger partial charge in [-0.1, -0.05) is 6.07 Å². The quantitative estimate of drug-likeness (QED) is 0.629. The van der Waals surface area contributed by atoms with Gasteiger partial charge in [0.15, 0.2) is 6.23 Å². The van der Waals surface area contributed by atoms with E-state index in [1.54, 1.807) is 6.92 Å². The van der Waals surface area contributed by atoms with Gasteiger partial charge in [-0.25, -0.2) is 0 Å². The molecule has 5 atom stereocenters. The number of aryl methyl sites for hydroxylation is 2. The molecule has 19 heavy (non-hydrogen) atoms. The van der Waals surface area contributed by atoms with Gasteiger partial charge in [0.1, 0.15) is 18.3 Å². The largest absolute Gasteiger partial charge is 0.388 e. The number of ether oxygens (including phenoxy) is 1. The number of aliphatic hydroxyl groups is 3. The molecule has 0 bridgehead atoms. The van der Waals surface area contributed by atoms with Gasteiger partial charge in [-0.05, 0) is 44.0 Å². The Morgan fingerprint density at radius 1 is 1.00 bits per heavy atom. The lowest BCUT2D eigenvalue weighted by Crippen LogP contribution is -2.58. The Labute approximate surface area is 112 Å². The molecule has 1 aromatic carbocycles. The van der Waals surface area contributed by atoms with Crippen LogP contribution < -0.4 is 5.32 Å². The van der Waals surface area contributed by atoms with Gasteiger partial charge < -0.3 is 25.4 Å². The Hall–Kier alpha value is -1.14. The van der Waals surface area contributed by atoms with Gasteiger partial charge >= 0.3 is 0 Å². The zero-order valence-corrected chi connectivity index (χ0v) is 11.4. The Kier molecular flexibility index (Phi) is 4.10. The van der Waals surface area contributed by atoms with E-state index in [-0.39, 0.29) is 0 Å². The van der Waals surface area contributed by atoms with Crippen molar-refractivity contribution in [3.05, 3.63) is 29.3 Å². The molecular weight excluding hydrogens is 246 g/mol. The van der Waals surface area contributed by atoms with Crippen LogP contribution in [-0.2, 0) is 4.74 Å². The number of benzene rings is 1. The Bertz CT molecular complexity index is 451. The second kappa shape index (κ2) is 5.46. The van der Waals surface area contributed by atoms with Crippen molar-refractivity contribution in [2.75, 3.05) is 5.32 Å². The summed E-state index contributed by atoms with van der Waals surface area (Å²) in [4.78, 5) is 0. The number of anilines is 1. The highest BCUT2D eigenvalue weighted by Crippen LogP contribution is 2.23. The molecule has 0 unspecified atom stereocenters. The standard InChI is InChI=1S/C14H21NO4/c1-7-4-5-10(6-8(7)2)15-14-13(18)12(17)11(16)9(3)19-14/h4-6,9,11-18H,1-3H3/t9-,11-,12+,13-,14-/m1/s1. The monoisotopic (exact) mass is 267 g/mol. The maximum absolute atomic E-state index is 9.91. The third kappa shape index (κ3) is 2.90. The molecule has 0 saturated carbocycles. The van der Waals surface area contributed by atoms with Crippen LogP contribution in [0.1, 0.15) is 18.1 Å².